The first-order chi connectivity index (χ1) is 13.5. The van der Waals surface area contributed by atoms with E-state index >= 15 is 0 Å². The van der Waals surface area contributed by atoms with E-state index in [1.54, 1.807) is 17.0 Å². The molecule has 1 unspecified atom stereocenters. The van der Waals surface area contributed by atoms with Crippen molar-refractivity contribution in [2.24, 2.45) is 5.92 Å². The van der Waals surface area contributed by atoms with Crippen LogP contribution < -0.4 is 5.32 Å². The number of allylic oxidation sites excluding steroid dienone is 4. The summed E-state index contributed by atoms with van der Waals surface area (Å²) in [4.78, 5) is 8.48. The summed E-state index contributed by atoms with van der Waals surface area (Å²) >= 11 is 6.50. The number of rotatable bonds is 5. The number of nitrogens with zero attached hydrogens (tertiary/aromatic N) is 4. The van der Waals surface area contributed by atoms with Crippen molar-refractivity contribution in [3.05, 3.63) is 59.1 Å². The molecule has 8 heteroatoms. The Bertz CT molecular complexity index is 1020. The Kier molecular flexibility index (Phi) is 5.09. The molecule has 0 radical (unpaired) electrons. The summed E-state index contributed by atoms with van der Waals surface area (Å²) in [5.41, 5.74) is 1.68. The summed E-state index contributed by atoms with van der Waals surface area (Å²) in [6.07, 6.45) is 12.7. The van der Waals surface area contributed by atoms with Gasteiger partial charge in [0.1, 0.15) is 35.4 Å². The van der Waals surface area contributed by atoms with E-state index in [4.69, 9.17) is 21.1 Å². The minimum Gasteiger partial charge on any atom is -0.458 e. The van der Waals surface area contributed by atoms with Gasteiger partial charge in [-0.1, -0.05) is 43.7 Å². The molecule has 2 aromatic rings. The standard InChI is InChI=1S/C20H22ClN5O2/c1-12(2)13(3)24-19-17(18(21)25-20-22-11-23-26(19)20)16-10-27-15(9-28-16)14-7-5-4-6-8-14/h4-5,7,9-13,24H,6,8H2,1-3H3. The molecule has 4 rings (SSSR count). The Hall–Kier alpha value is -2.80. The van der Waals surface area contributed by atoms with Gasteiger partial charge in [-0.15, -0.1) is 0 Å². The number of fused-ring (bicyclic) bond motifs is 1. The van der Waals surface area contributed by atoms with Crippen LogP contribution in [0.15, 0.2) is 48.4 Å². The molecular formula is C20H22ClN5O2. The van der Waals surface area contributed by atoms with Crippen molar-refractivity contribution >= 4 is 29.0 Å². The number of ether oxygens (including phenoxy) is 2. The Morgan fingerprint density at radius 1 is 1.18 bits per heavy atom. The number of anilines is 1. The lowest BCUT2D eigenvalue weighted by molar-refractivity contribution is 0.280. The molecule has 0 fully saturated rings. The Labute approximate surface area is 168 Å². The maximum absolute atomic E-state index is 6.50. The van der Waals surface area contributed by atoms with Crippen molar-refractivity contribution in [2.75, 3.05) is 5.32 Å². The van der Waals surface area contributed by atoms with Crippen molar-refractivity contribution in [2.45, 2.75) is 39.7 Å². The normalized spacial score (nSPS) is 17.5. The molecule has 2 aliphatic rings. The predicted octanol–water partition coefficient (Wildman–Crippen LogP) is 4.70. The van der Waals surface area contributed by atoms with Gasteiger partial charge < -0.3 is 14.8 Å². The molecular weight excluding hydrogens is 378 g/mol. The van der Waals surface area contributed by atoms with Crippen molar-refractivity contribution in [3.63, 3.8) is 0 Å². The first-order valence-electron chi connectivity index (χ1n) is 9.30. The molecule has 0 saturated heterocycles. The van der Waals surface area contributed by atoms with Crippen LogP contribution in [0.5, 0.6) is 0 Å². The maximum Gasteiger partial charge on any atom is 0.255 e. The van der Waals surface area contributed by atoms with Crippen LogP contribution in [0, 0.1) is 5.92 Å². The van der Waals surface area contributed by atoms with E-state index in [2.05, 4.69) is 47.2 Å². The fourth-order valence-electron chi connectivity index (χ4n) is 2.92. The number of hydrogen-bond acceptors (Lipinski definition) is 6. The highest BCUT2D eigenvalue weighted by Crippen LogP contribution is 2.35. The van der Waals surface area contributed by atoms with Crippen molar-refractivity contribution in [1.29, 1.82) is 0 Å². The summed E-state index contributed by atoms with van der Waals surface area (Å²) in [5.74, 6) is 2.64. The first kappa shape index (κ1) is 18.6. The molecule has 0 aromatic carbocycles. The molecule has 0 bridgehead atoms. The topological polar surface area (TPSA) is 73.6 Å². The van der Waals surface area contributed by atoms with E-state index in [9.17, 15) is 0 Å². The summed E-state index contributed by atoms with van der Waals surface area (Å²) in [7, 11) is 0. The minimum atomic E-state index is 0.167. The fraction of sp³-hybridized carbons (Fsp3) is 0.350. The second kappa shape index (κ2) is 7.67. The van der Waals surface area contributed by atoms with E-state index in [1.165, 1.54) is 6.33 Å². The quantitative estimate of drug-likeness (QED) is 0.735. The summed E-state index contributed by atoms with van der Waals surface area (Å²) in [6.45, 7) is 6.37. The van der Waals surface area contributed by atoms with Crippen LogP contribution >= 0.6 is 11.6 Å². The average Bonchev–Trinajstić information content (AvgIpc) is 3.17. The molecule has 28 heavy (non-hydrogen) atoms. The van der Waals surface area contributed by atoms with Crippen molar-refractivity contribution in [1.82, 2.24) is 19.6 Å². The molecule has 1 aliphatic carbocycles. The van der Waals surface area contributed by atoms with Crippen LogP contribution in [-0.4, -0.2) is 25.6 Å². The fourth-order valence-corrected chi connectivity index (χ4v) is 3.18. The second-order valence-corrected chi connectivity index (χ2v) is 7.49. The molecule has 1 atom stereocenters. The smallest absolute Gasteiger partial charge is 0.255 e. The third-order valence-electron chi connectivity index (χ3n) is 4.91. The van der Waals surface area contributed by atoms with Gasteiger partial charge in [0.05, 0.1) is 0 Å². The highest BCUT2D eigenvalue weighted by molar-refractivity contribution is 6.31. The zero-order valence-corrected chi connectivity index (χ0v) is 16.8. The van der Waals surface area contributed by atoms with Gasteiger partial charge in [0, 0.05) is 6.04 Å². The van der Waals surface area contributed by atoms with Crippen LogP contribution in [0.2, 0.25) is 5.15 Å². The molecule has 0 amide bonds. The van der Waals surface area contributed by atoms with E-state index < -0.39 is 0 Å². The summed E-state index contributed by atoms with van der Waals surface area (Å²) < 4.78 is 13.4. The van der Waals surface area contributed by atoms with Crippen LogP contribution in [-0.2, 0) is 9.47 Å². The lowest BCUT2D eigenvalue weighted by Crippen LogP contribution is -2.24. The highest BCUT2D eigenvalue weighted by Gasteiger charge is 2.25. The monoisotopic (exact) mass is 399 g/mol. The van der Waals surface area contributed by atoms with Crippen LogP contribution in [0.25, 0.3) is 11.5 Å². The predicted molar refractivity (Wildman–Crippen MR) is 108 cm³/mol. The van der Waals surface area contributed by atoms with Crippen molar-refractivity contribution in [3.8, 4) is 0 Å². The first-order valence-corrected chi connectivity index (χ1v) is 9.68. The molecule has 2 aromatic heterocycles. The van der Waals surface area contributed by atoms with Gasteiger partial charge in [0.2, 0.25) is 0 Å². The lowest BCUT2D eigenvalue weighted by atomic mass is 10.0. The van der Waals surface area contributed by atoms with E-state index in [-0.39, 0.29) is 11.2 Å². The van der Waals surface area contributed by atoms with E-state index in [0.29, 0.717) is 34.6 Å². The third kappa shape index (κ3) is 3.49. The summed E-state index contributed by atoms with van der Waals surface area (Å²) in [5, 5.41) is 8.02. The van der Waals surface area contributed by atoms with Gasteiger partial charge in [-0.25, -0.2) is 0 Å². The molecule has 0 spiro atoms. The SMILES string of the molecule is CC(C)C(C)Nc1c(C2=COC(C3=CC=CCC3)=CO2)c(Cl)nc2ncnn12. The number of nitrogens with one attached hydrogen (secondary N) is 1. The molecule has 146 valence electrons. The zero-order chi connectivity index (χ0) is 19.7. The average molecular weight is 400 g/mol. The third-order valence-corrected chi connectivity index (χ3v) is 5.18. The lowest BCUT2D eigenvalue weighted by Gasteiger charge is -2.23. The Morgan fingerprint density at radius 2 is 1.96 bits per heavy atom. The Balaban J connectivity index is 1.70. The maximum atomic E-state index is 6.50. The number of halogens is 1. The molecule has 1 N–H and O–H groups in total. The largest absolute Gasteiger partial charge is 0.458 e. The minimum absolute atomic E-state index is 0.167. The van der Waals surface area contributed by atoms with Gasteiger partial charge in [0.25, 0.3) is 5.78 Å². The highest BCUT2D eigenvalue weighted by atomic mass is 35.5. The molecule has 0 saturated carbocycles. The van der Waals surface area contributed by atoms with E-state index in [1.807, 2.05) is 12.2 Å². The van der Waals surface area contributed by atoms with Gasteiger partial charge in [-0.3, -0.25) is 0 Å². The van der Waals surface area contributed by atoms with Crippen molar-refractivity contribution < 1.29 is 9.47 Å². The van der Waals surface area contributed by atoms with Crippen LogP contribution in [0.3, 0.4) is 0 Å². The Morgan fingerprint density at radius 3 is 2.64 bits per heavy atom. The van der Waals surface area contributed by atoms with Crippen LogP contribution in [0.4, 0.5) is 5.82 Å². The van der Waals surface area contributed by atoms with Gasteiger partial charge in [-0.05, 0) is 31.3 Å². The number of aromatic nitrogens is 4. The summed E-state index contributed by atoms with van der Waals surface area (Å²) in [6, 6.07) is 0.167. The molecule has 7 nitrogen and oxygen atoms in total. The molecule has 3 heterocycles. The second-order valence-electron chi connectivity index (χ2n) is 7.13. The number of hydrogen-bond donors (Lipinski definition) is 1. The van der Waals surface area contributed by atoms with Crippen LogP contribution in [0.1, 0.15) is 39.2 Å². The van der Waals surface area contributed by atoms with Gasteiger partial charge in [-0.2, -0.15) is 19.6 Å². The van der Waals surface area contributed by atoms with Gasteiger partial charge in [0.15, 0.2) is 11.5 Å². The van der Waals surface area contributed by atoms with Gasteiger partial charge >= 0.3 is 0 Å². The zero-order valence-electron chi connectivity index (χ0n) is 16.0. The molecule has 1 aliphatic heterocycles. The van der Waals surface area contributed by atoms with E-state index in [0.717, 1.165) is 18.4 Å².